The topological polar surface area (TPSA) is 6.48 Å². The molecular weight excluding hydrogens is 412 g/mol. The molecule has 0 aromatic heterocycles. The standard InChI is InChI=1S/C32H48N2/c1-3-11-29(12-4-1)15-9-17-31-19-25-33(26-20-31)23-7-8-24-34-27-21-32(22-28-34)18-10-16-30-13-5-2-6-14-30/h1-6,11-14,31-32H,7-10,15-28H2. The molecule has 2 heterocycles. The molecule has 0 amide bonds. The Kier molecular flexibility index (Phi) is 11.0. The third kappa shape index (κ3) is 9.19. The third-order valence-corrected chi connectivity index (χ3v) is 8.45. The molecule has 0 atom stereocenters. The SMILES string of the molecule is c1ccc(CCCC2CCN(CCCCN3CCC(CCCc4ccccc4)CC3)CC2)cc1. The summed E-state index contributed by atoms with van der Waals surface area (Å²) >= 11 is 0. The van der Waals surface area contributed by atoms with Crippen LogP contribution < -0.4 is 0 Å². The van der Waals surface area contributed by atoms with Crippen molar-refractivity contribution >= 4 is 0 Å². The molecule has 2 heteroatoms. The first kappa shape index (κ1) is 25.5. The van der Waals surface area contributed by atoms with E-state index in [1.54, 1.807) is 0 Å². The summed E-state index contributed by atoms with van der Waals surface area (Å²) in [4.78, 5) is 5.49. The average molecular weight is 461 g/mol. The molecule has 34 heavy (non-hydrogen) atoms. The summed E-state index contributed by atoms with van der Waals surface area (Å²) in [6.07, 6.45) is 16.5. The average Bonchev–Trinajstić information content (AvgIpc) is 2.90. The highest BCUT2D eigenvalue weighted by atomic mass is 15.1. The van der Waals surface area contributed by atoms with Crippen LogP contribution in [0.1, 0.15) is 75.3 Å². The van der Waals surface area contributed by atoms with Crippen molar-refractivity contribution in [2.24, 2.45) is 11.8 Å². The number of benzene rings is 2. The highest BCUT2D eigenvalue weighted by molar-refractivity contribution is 5.15. The maximum Gasteiger partial charge on any atom is -0.00161 e. The number of unbranched alkanes of at least 4 members (excludes halogenated alkanes) is 1. The van der Waals surface area contributed by atoms with Gasteiger partial charge >= 0.3 is 0 Å². The lowest BCUT2D eigenvalue weighted by molar-refractivity contribution is 0.158. The largest absolute Gasteiger partial charge is 0.303 e. The minimum absolute atomic E-state index is 0.967. The van der Waals surface area contributed by atoms with Gasteiger partial charge in [-0.3, -0.25) is 0 Å². The van der Waals surface area contributed by atoms with E-state index >= 15 is 0 Å². The first-order valence-electron chi connectivity index (χ1n) is 14.4. The van der Waals surface area contributed by atoms with Crippen LogP contribution in [0, 0.1) is 11.8 Å². The zero-order valence-corrected chi connectivity index (χ0v) is 21.6. The summed E-state index contributed by atoms with van der Waals surface area (Å²) in [5.74, 6) is 1.93. The van der Waals surface area contributed by atoms with Crippen LogP contribution in [0.3, 0.4) is 0 Å². The van der Waals surface area contributed by atoms with Gasteiger partial charge in [-0.25, -0.2) is 0 Å². The van der Waals surface area contributed by atoms with Crippen LogP contribution in [-0.2, 0) is 12.8 Å². The van der Waals surface area contributed by atoms with Gasteiger partial charge in [0.25, 0.3) is 0 Å². The van der Waals surface area contributed by atoms with Crippen molar-refractivity contribution in [2.45, 2.75) is 77.0 Å². The third-order valence-electron chi connectivity index (χ3n) is 8.45. The van der Waals surface area contributed by atoms with E-state index in [9.17, 15) is 0 Å². The molecule has 4 rings (SSSR count). The lowest BCUT2D eigenvalue weighted by Crippen LogP contribution is -2.36. The fourth-order valence-electron chi connectivity index (χ4n) is 6.15. The highest BCUT2D eigenvalue weighted by Crippen LogP contribution is 2.24. The summed E-state index contributed by atoms with van der Waals surface area (Å²) in [6.45, 7) is 8.00. The number of hydrogen-bond donors (Lipinski definition) is 0. The molecule has 2 aliphatic heterocycles. The molecule has 2 aromatic rings. The van der Waals surface area contributed by atoms with Crippen molar-refractivity contribution in [2.75, 3.05) is 39.3 Å². The molecule has 2 aromatic carbocycles. The van der Waals surface area contributed by atoms with Crippen molar-refractivity contribution in [1.29, 1.82) is 0 Å². The molecule has 0 unspecified atom stereocenters. The van der Waals surface area contributed by atoms with Crippen molar-refractivity contribution < 1.29 is 0 Å². The Morgan fingerprint density at radius 3 is 1.26 bits per heavy atom. The Balaban J connectivity index is 0.976. The van der Waals surface area contributed by atoms with Crippen LogP contribution in [-0.4, -0.2) is 49.1 Å². The lowest BCUT2D eigenvalue weighted by Gasteiger charge is -2.33. The van der Waals surface area contributed by atoms with E-state index in [-0.39, 0.29) is 0 Å². The van der Waals surface area contributed by atoms with E-state index in [0.717, 1.165) is 11.8 Å². The molecule has 186 valence electrons. The summed E-state index contributed by atoms with van der Waals surface area (Å²) in [6, 6.07) is 22.0. The minimum Gasteiger partial charge on any atom is -0.303 e. The Labute approximate surface area is 209 Å². The van der Waals surface area contributed by atoms with E-state index in [0.29, 0.717) is 0 Å². The zero-order chi connectivity index (χ0) is 23.3. The van der Waals surface area contributed by atoms with Crippen molar-refractivity contribution in [3.63, 3.8) is 0 Å². The van der Waals surface area contributed by atoms with Gasteiger partial charge in [0.15, 0.2) is 0 Å². The molecule has 0 aliphatic carbocycles. The van der Waals surface area contributed by atoms with E-state index in [4.69, 9.17) is 0 Å². The molecule has 0 spiro atoms. The second-order valence-electron chi connectivity index (χ2n) is 11.0. The summed E-state index contributed by atoms with van der Waals surface area (Å²) < 4.78 is 0. The first-order chi connectivity index (χ1) is 16.8. The van der Waals surface area contributed by atoms with Crippen LogP contribution >= 0.6 is 0 Å². The fourth-order valence-corrected chi connectivity index (χ4v) is 6.15. The molecule has 0 N–H and O–H groups in total. The van der Waals surface area contributed by atoms with Crippen molar-refractivity contribution in [3.05, 3.63) is 71.8 Å². The van der Waals surface area contributed by atoms with Crippen molar-refractivity contribution in [3.8, 4) is 0 Å². The van der Waals surface area contributed by atoms with Gasteiger partial charge in [0.2, 0.25) is 0 Å². The van der Waals surface area contributed by atoms with Crippen LogP contribution in [0.4, 0.5) is 0 Å². The summed E-state index contributed by atoms with van der Waals surface area (Å²) in [7, 11) is 0. The second-order valence-corrected chi connectivity index (χ2v) is 11.0. The van der Waals surface area contributed by atoms with E-state index in [1.165, 1.54) is 127 Å². The van der Waals surface area contributed by atoms with Gasteiger partial charge in [-0.05, 0) is 126 Å². The zero-order valence-electron chi connectivity index (χ0n) is 21.6. The van der Waals surface area contributed by atoms with Gasteiger partial charge in [-0.1, -0.05) is 73.5 Å². The minimum atomic E-state index is 0.967. The Hall–Kier alpha value is -1.64. The fraction of sp³-hybridized carbons (Fsp3) is 0.625. The van der Waals surface area contributed by atoms with Crippen LogP contribution in [0.15, 0.2) is 60.7 Å². The number of hydrogen-bond acceptors (Lipinski definition) is 2. The molecule has 2 fully saturated rings. The maximum atomic E-state index is 2.74. The van der Waals surface area contributed by atoms with Gasteiger partial charge in [0.05, 0.1) is 0 Å². The number of rotatable bonds is 13. The molecule has 2 aliphatic rings. The van der Waals surface area contributed by atoms with E-state index < -0.39 is 0 Å². The number of piperidine rings is 2. The Morgan fingerprint density at radius 2 is 0.882 bits per heavy atom. The first-order valence-corrected chi connectivity index (χ1v) is 14.4. The second kappa shape index (κ2) is 14.7. The number of aryl methyl sites for hydroxylation is 2. The molecule has 0 bridgehead atoms. The predicted molar refractivity (Wildman–Crippen MR) is 146 cm³/mol. The monoisotopic (exact) mass is 460 g/mol. The summed E-state index contributed by atoms with van der Waals surface area (Å²) in [5, 5.41) is 0. The molecule has 0 saturated carbocycles. The van der Waals surface area contributed by atoms with Crippen LogP contribution in [0.25, 0.3) is 0 Å². The molecule has 2 saturated heterocycles. The normalized spacial score (nSPS) is 18.9. The Morgan fingerprint density at radius 1 is 0.500 bits per heavy atom. The Bertz CT molecular complexity index is 691. The van der Waals surface area contributed by atoms with Gasteiger partial charge in [0.1, 0.15) is 0 Å². The summed E-state index contributed by atoms with van der Waals surface area (Å²) in [5.41, 5.74) is 3.01. The van der Waals surface area contributed by atoms with Crippen LogP contribution in [0.2, 0.25) is 0 Å². The lowest BCUT2D eigenvalue weighted by atomic mass is 9.90. The van der Waals surface area contributed by atoms with E-state index in [1.807, 2.05) is 0 Å². The molecule has 0 radical (unpaired) electrons. The van der Waals surface area contributed by atoms with Gasteiger partial charge < -0.3 is 9.80 Å². The maximum absolute atomic E-state index is 2.74. The highest BCUT2D eigenvalue weighted by Gasteiger charge is 2.20. The van der Waals surface area contributed by atoms with Gasteiger partial charge in [-0.2, -0.15) is 0 Å². The molecule has 2 nitrogen and oxygen atoms in total. The predicted octanol–water partition coefficient (Wildman–Crippen LogP) is 7.24. The number of nitrogens with zero attached hydrogens (tertiary/aromatic N) is 2. The van der Waals surface area contributed by atoms with Gasteiger partial charge in [0, 0.05) is 0 Å². The number of likely N-dealkylation sites (tertiary alicyclic amines) is 2. The quantitative estimate of drug-likeness (QED) is 0.291. The van der Waals surface area contributed by atoms with Crippen LogP contribution in [0.5, 0.6) is 0 Å². The smallest absolute Gasteiger partial charge is 0.00161 e. The van der Waals surface area contributed by atoms with Gasteiger partial charge in [-0.15, -0.1) is 0 Å². The van der Waals surface area contributed by atoms with E-state index in [2.05, 4.69) is 70.5 Å². The molecular formula is C32H48N2. The van der Waals surface area contributed by atoms with Crippen molar-refractivity contribution in [1.82, 2.24) is 9.80 Å².